The van der Waals surface area contributed by atoms with Crippen LogP contribution in [0.1, 0.15) is 45.3 Å². The number of thiazole rings is 1. The van der Waals surface area contributed by atoms with Gasteiger partial charge in [0.25, 0.3) is 0 Å². The highest BCUT2D eigenvalue weighted by atomic mass is 32.2. The fourth-order valence-corrected chi connectivity index (χ4v) is 3.13. The number of rotatable bonds is 5. The molecular weight excluding hydrogens is 250 g/mol. The molecule has 17 heavy (non-hydrogen) atoms. The second kappa shape index (κ2) is 6.21. The summed E-state index contributed by atoms with van der Waals surface area (Å²) in [6.45, 7) is 10.8. The Morgan fingerprint density at radius 3 is 2.53 bits per heavy atom. The lowest BCUT2D eigenvalue weighted by Crippen LogP contribution is -2.16. The van der Waals surface area contributed by atoms with Crippen LogP contribution >= 0.6 is 23.1 Å². The van der Waals surface area contributed by atoms with Crippen molar-refractivity contribution in [3.63, 3.8) is 0 Å². The van der Waals surface area contributed by atoms with Crippen LogP contribution in [0, 0.1) is 0 Å². The zero-order valence-electron chi connectivity index (χ0n) is 11.4. The molecule has 1 unspecified atom stereocenters. The molecule has 0 spiro atoms. The molecule has 0 aromatic carbocycles. The van der Waals surface area contributed by atoms with Crippen molar-refractivity contribution in [2.45, 2.75) is 57.8 Å². The molecular formula is C13H23NOS2. The second-order valence-electron chi connectivity index (χ2n) is 5.62. The van der Waals surface area contributed by atoms with Gasteiger partial charge in [0, 0.05) is 23.0 Å². The summed E-state index contributed by atoms with van der Waals surface area (Å²) in [6, 6.07) is 0. The molecule has 2 nitrogen and oxygen atoms in total. The number of hydrogen-bond donors (Lipinski definition) is 1. The average Bonchev–Trinajstić information content (AvgIpc) is 2.62. The van der Waals surface area contributed by atoms with E-state index in [1.165, 1.54) is 0 Å². The van der Waals surface area contributed by atoms with E-state index in [4.69, 9.17) is 0 Å². The van der Waals surface area contributed by atoms with Gasteiger partial charge in [0.1, 0.15) is 0 Å². The molecule has 0 saturated carbocycles. The maximum Gasteiger partial charge on any atom is 0.0954 e. The van der Waals surface area contributed by atoms with E-state index in [-0.39, 0.29) is 11.5 Å². The van der Waals surface area contributed by atoms with Gasteiger partial charge in [-0.1, -0.05) is 34.6 Å². The predicted octanol–water partition coefficient (Wildman–Crippen LogP) is 3.49. The van der Waals surface area contributed by atoms with Crippen molar-refractivity contribution in [2.75, 3.05) is 5.75 Å². The number of aliphatic hydroxyl groups excluding tert-OH is 1. The normalized spacial score (nSPS) is 14.3. The minimum Gasteiger partial charge on any atom is -0.392 e. The number of aliphatic hydroxyl groups is 1. The van der Waals surface area contributed by atoms with Crippen LogP contribution in [-0.2, 0) is 11.8 Å². The van der Waals surface area contributed by atoms with Gasteiger partial charge in [0.2, 0.25) is 0 Å². The van der Waals surface area contributed by atoms with Crippen molar-refractivity contribution >= 4 is 23.1 Å². The number of nitrogens with zero attached hydrogens (tertiary/aromatic N) is 1. The van der Waals surface area contributed by atoms with Gasteiger partial charge < -0.3 is 5.11 Å². The van der Waals surface area contributed by atoms with Crippen LogP contribution in [0.3, 0.4) is 0 Å². The van der Waals surface area contributed by atoms with Gasteiger partial charge in [0.05, 0.1) is 16.8 Å². The van der Waals surface area contributed by atoms with Crippen molar-refractivity contribution in [2.24, 2.45) is 0 Å². The third-order valence-electron chi connectivity index (χ3n) is 2.35. The van der Waals surface area contributed by atoms with Gasteiger partial charge in [-0.3, -0.25) is 0 Å². The molecule has 0 aliphatic rings. The molecule has 1 N–H and O–H groups in total. The summed E-state index contributed by atoms with van der Waals surface area (Å²) in [4.78, 5) is 4.60. The monoisotopic (exact) mass is 273 g/mol. The molecule has 0 saturated heterocycles. The fraction of sp³-hybridized carbons (Fsp3) is 0.769. The maximum absolute atomic E-state index is 9.91. The standard InChI is InChI=1S/C13H23NOS2/c1-9(2)16-7-10(15)6-12-14-11(8-17-12)13(3,4)5/h8-10,15H,6-7H2,1-5H3. The zero-order chi connectivity index (χ0) is 13.1. The first-order valence-electron chi connectivity index (χ1n) is 6.03. The van der Waals surface area contributed by atoms with Crippen molar-refractivity contribution in [1.29, 1.82) is 0 Å². The Bertz CT molecular complexity index is 341. The Balaban J connectivity index is 2.49. The molecule has 1 atom stereocenters. The Labute approximate surface area is 113 Å². The van der Waals surface area contributed by atoms with Crippen molar-refractivity contribution in [3.05, 3.63) is 16.1 Å². The van der Waals surface area contributed by atoms with Crippen molar-refractivity contribution in [1.82, 2.24) is 4.98 Å². The van der Waals surface area contributed by atoms with Gasteiger partial charge in [0.15, 0.2) is 0 Å². The van der Waals surface area contributed by atoms with Crippen LogP contribution in [-0.4, -0.2) is 27.2 Å². The van der Waals surface area contributed by atoms with E-state index in [2.05, 4.69) is 45.0 Å². The predicted molar refractivity (Wildman–Crippen MR) is 78.1 cm³/mol. The Hall–Kier alpha value is -0.0600. The molecule has 0 fully saturated rings. The molecule has 98 valence electrons. The summed E-state index contributed by atoms with van der Waals surface area (Å²) < 4.78 is 0. The zero-order valence-corrected chi connectivity index (χ0v) is 13.0. The van der Waals surface area contributed by atoms with Crippen LogP contribution in [0.5, 0.6) is 0 Å². The molecule has 1 aromatic heterocycles. The molecule has 0 amide bonds. The molecule has 0 radical (unpaired) electrons. The third kappa shape index (κ3) is 5.40. The summed E-state index contributed by atoms with van der Waals surface area (Å²) >= 11 is 3.46. The molecule has 1 heterocycles. The molecule has 0 bridgehead atoms. The van der Waals surface area contributed by atoms with E-state index in [1.807, 2.05) is 0 Å². The summed E-state index contributed by atoms with van der Waals surface area (Å²) in [6.07, 6.45) is 0.405. The van der Waals surface area contributed by atoms with Crippen molar-refractivity contribution < 1.29 is 5.11 Å². The first kappa shape index (κ1) is 15.0. The third-order valence-corrected chi connectivity index (χ3v) is 4.47. The lowest BCUT2D eigenvalue weighted by atomic mass is 9.93. The maximum atomic E-state index is 9.91. The van der Waals surface area contributed by atoms with Crippen LogP contribution in [0.15, 0.2) is 5.38 Å². The van der Waals surface area contributed by atoms with Crippen molar-refractivity contribution in [3.8, 4) is 0 Å². The Kier molecular flexibility index (Phi) is 5.48. The minimum absolute atomic E-state index is 0.104. The number of aromatic nitrogens is 1. The highest BCUT2D eigenvalue weighted by Gasteiger charge is 2.18. The minimum atomic E-state index is -0.277. The molecule has 0 aliphatic carbocycles. The molecule has 0 aliphatic heterocycles. The van der Waals surface area contributed by atoms with E-state index < -0.39 is 0 Å². The van der Waals surface area contributed by atoms with E-state index in [0.717, 1.165) is 16.5 Å². The fourth-order valence-electron chi connectivity index (χ4n) is 1.31. The van der Waals surface area contributed by atoms with Crippen LogP contribution in [0.2, 0.25) is 0 Å². The number of hydrogen-bond acceptors (Lipinski definition) is 4. The average molecular weight is 273 g/mol. The lowest BCUT2D eigenvalue weighted by molar-refractivity contribution is 0.200. The van der Waals surface area contributed by atoms with E-state index in [1.54, 1.807) is 23.1 Å². The number of thioether (sulfide) groups is 1. The smallest absolute Gasteiger partial charge is 0.0954 e. The van der Waals surface area contributed by atoms with Gasteiger partial charge >= 0.3 is 0 Å². The Morgan fingerprint density at radius 1 is 1.41 bits per heavy atom. The van der Waals surface area contributed by atoms with Gasteiger partial charge in [-0.2, -0.15) is 11.8 Å². The first-order valence-corrected chi connectivity index (χ1v) is 7.96. The van der Waals surface area contributed by atoms with Gasteiger partial charge in [-0.05, 0) is 5.25 Å². The summed E-state index contributed by atoms with van der Waals surface area (Å²) in [7, 11) is 0. The van der Waals surface area contributed by atoms with Crippen LogP contribution in [0.4, 0.5) is 0 Å². The van der Waals surface area contributed by atoms with Crippen LogP contribution < -0.4 is 0 Å². The first-order chi connectivity index (χ1) is 7.79. The molecule has 1 rings (SSSR count). The van der Waals surface area contributed by atoms with Crippen LogP contribution in [0.25, 0.3) is 0 Å². The van der Waals surface area contributed by atoms with Gasteiger partial charge in [-0.15, -0.1) is 11.3 Å². The molecule has 1 aromatic rings. The quantitative estimate of drug-likeness (QED) is 0.891. The summed E-state index contributed by atoms with van der Waals surface area (Å²) in [5.74, 6) is 0.794. The van der Waals surface area contributed by atoms with E-state index >= 15 is 0 Å². The Morgan fingerprint density at radius 2 is 2.06 bits per heavy atom. The van der Waals surface area contributed by atoms with E-state index in [0.29, 0.717) is 11.7 Å². The van der Waals surface area contributed by atoms with Gasteiger partial charge in [-0.25, -0.2) is 4.98 Å². The second-order valence-corrected chi connectivity index (χ2v) is 8.17. The topological polar surface area (TPSA) is 33.1 Å². The SMILES string of the molecule is CC(C)SCC(O)Cc1nc(C(C)(C)C)cs1. The summed E-state index contributed by atoms with van der Waals surface area (Å²) in [5, 5.41) is 13.6. The van der Waals surface area contributed by atoms with E-state index in [9.17, 15) is 5.11 Å². The highest BCUT2D eigenvalue weighted by molar-refractivity contribution is 7.99. The largest absolute Gasteiger partial charge is 0.392 e. The lowest BCUT2D eigenvalue weighted by Gasteiger charge is -2.14. The highest BCUT2D eigenvalue weighted by Crippen LogP contribution is 2.24. The molecule has 4 heteroatoms. The summed E-state index contributed by atoms with van der Waals surface area (Å²) in [5.41, 5.74) is 1.23.